The van der Waals surface area contributed by atoms with E-state index in [1.54, 1.807) is 12.3 Å². The number of carbonyl (C=O) groups excluding carboxylic acids is 1. The van der Waals surface area contributed by atoms with Crippen molar-refractivity contribution in [1.82, 2.24) is 4.57 Å². The number of ether oxygens (including phenoxy) is 1. The van der Waals surface area contributed by atoms with Crippen LogP contribution in [0, 0.1) is 0 Å². The smallest absolute Gasteiger partial charge is 0.343 e. The second-order valence-corrected chi connectivity index (χ2v) is 4.11. The number of esters is 1. The van der Waals surface area contributed by atoms with Crippen molar-refractivity contribution < 1.29 is 9.53 Å². The lowest BCUT2D eigenvalue weighted by Gasteiger charge is -2.25. The molecule has 0 aliphatic heterocycles. The lowest BCUT2D eigenvalue weighted by Crippen LogP contribution is -2.43. The van der Waals surface area contributed by atoms with Crippen LogP contribution < -0.4 is 11.3 Å². The second kappa shape index (κ2) is 4.49. The molecule has 0 saturated heterocycles. The van der Waals surface area contributed by atoms with Crippen LogP contribution in [0.1, 0.15) is 24.2 Å². The average molecular weight is 224 g/mol. The van der Waals surface area contributed by atoms with E-state index >= 15 is 0 Å². The molecule has 0 amide bonds. The third kappa shape index (κ3) is 2.14. The van der Waals surface area contributed by atoms with Gasteiger partial charge in [0.2, 0.25) is 0 Å². The Bertz CT molecular complexity index is 449. The minimum absolute atomic E-state index is 0.0199. The first kappa shape index (κ1) is 12.4. The topological polar surface area (TPSA) is 74.3 Å². The van der Waals surface area contributed by atoms with Gasteiger partial charge in [0.1, 0.15) is 5.56 Å². The van der Waals surface area contributed by atoms with E-state index in [2.05, 4.69) is 4.74 Å². The van der Waals surface area contributed by atoms with Crippen LogP contribution in [0.25, 0.3) is 0 Å². The van der Waals surface area contributed by atoms with Crippen LogP contribution in [0.2, 0.25) is 0 Å². The highest BCUT2D eigenvalue weighted by molar-refractivity contribution is 5.88. The van der Waals surface area contributed by atoms with Crippen molar-refractivity contribution in [3.05, 3.63) is 34.2 Å². The van der Waals surface area contributed by atoms with E-state index in [9.17, 15) is 9.59 Å². The summed E-state index contributed by atoms with van der Waals surface area (Å²) in [5.74, 6) is -0.632. The van der Waals surface area contributed by atoms with Gasteiger partial charge in [-0.15, -0.1) is 0 Å². The Balaban J connectivity index is 3.36. The number of aromatic nitrogens is 1. The van der Waals surface area contributed by atoms with E-state index in [-0.39, 0.29) is 11.1 Å². The summed E-state index contributed by atoms with van der Waals surface area (Å²) >= 11 is 0. The summed E-state index contributed by atoms with van der Waals surface area (Å²) < 4.78 is 5.98. The molecule has 1 heterocycles. The molecule has 1 aromatic rings. The van der Waals surface area contributed by atoms with Crippen LogP contribution in [0.5, 0.6) is 0 Å². The van der Waals surface area contributed by atoms with E-state index in [1.807, 2.05) is 13.8 Å². The molecule has 0 unspecified atom stereocenters. The zero-order valence-corrected chi connectivity index (χ0v) is 9.69. The van der Waals surface area contributed by atoms with E-state index in [0.717, 1.165) is 0 Å². The Labute approximate surface area is 93.8 Å². The van der Waals surface area contributed by atoms with Crippen LogP contribution in [-0.2, 0) is 10.3 Å². The molecule has 0 saturated carbocycles. The Morgan fingerprint density at radius 3 is 2.69 bits per heavy atom. The molecule has 5 heteroatoms. The van der Waals surface area contributed by atoms with Gasteiger partial charge in [0.15, 0.2) is 0 Å². The maximum absolute atomic E-state index is 12.0. The monoisotopic (exact) mass is 224 g/mol. The fraction of sp³-hybridized carbons (Fsp3) is 0.455. The number of hydrogen-bond acceptors (Lipinski definition) is 4. The van der Waals surface area contributed by atoms with Gasteiger partial charge >= 0.3 is 5.97 Å². The van der Waals surface area contributed by atoms with Gasteiger partial charge in [0.25, 0.3) is 5.56 Å². The Hall–Kier alpha value is -1.62. The molecule has 0 atom stereocenters. The molecule has 0 bridgehead atoms. The molecule has 0 radical (unpaired) electrons. The van der Waals surface area contributed by atoms with Gasteiger partial charge in [-0.1, -0.05) is 0 Å². The van der Waals surface area contributed by atoms with Crippen LogP contribution in [0.4, 0.5) is 0 Å². The minimum atomic E-state index is -0.632. The van der Waals surface area contributed by atoms with Crippen LogP contribution in [-0.4, -0.2) is 24.2 Å². The van der Waals surface area contributed by atoms with Gasteiger partial charge in [0, 0.05) is 12.7 Å². The maximum Gasteiger partial charge on any atom is 0.343 e. The van der Waals surface area contributed by atoms with Crippen molar-refractivity contribution >= 4 is 5.97 Å². The lowest BCUT2D eigenvalue weighted by atomic mass is 10.1. The largest absolute Gasteiger partial charge is 0.465 e. The van der Waals surface area contributed by atoms with Gasteiger partial charge in [-0.05, 0) is 26.0 Å². The lowest BCUT2D eigenvalue weighted by molar-refractivity contribution is 0.0597. The molecule has 0 spiro atoms. The fourth-order valence-electron chi connectivity index (χ4n) is 1.33. The van der Waals surface area contributed by atoms with Crippen LogP contribution in [0.15, 0.2) is 23.1 Å². The molecule has 5 nitrogen and oxygen atoms in total. The van der Waals surface area contributed by atoms with E-state index in [4.69, 9.17) is 5.73 Å². The molecular formula is C11H16N2O3. The summed E-state index contributed by atoms with van der Waals surface area (Å²) in [6.07, 6.45) is 1.61. The zero-order chi connectivity index (χ0) is 12.3. The highest BCUT2D eigenvalue weighted by Gasteiger charge is 2.22. The second-order valence-electron chi connectivity index (χ2n) is 4.11. The zero-order valence-electron chi connectivity index (χ0n) is 9.69. The summed E-state index contributed by atoms with van der Waals surface area (Å²) in [5, 5.41) is 0. The highest BCUT2D eigenvalue weighted by atomic mass is 16.5. The first-order valence-corrected chi connectivity index (χ1v) is 4.94. The number of nitrogens with two attached hydrogens (primary N) is 1. The Kier molecular flexibility index (Phi) is 3.49. The quantitative estimate of drug-likeness (QED) is 0.751. The molecule has 2 N–H and O–H groups in total. The predicted octanol–water partition coefficient (Wildman–Crippen LogP) is 0.329. The van der Waals surface area contributed by atoms with Crippen molar-refractivity contribution in [3.8, 4) is 0 Å². The summed E-state index contributed by atoms with van der Waals surface area (Å²) in [7, 11) is 1.24. The maximum atomic E-state index is 12.0. The first-order chi connectivity index (χ1) is 7.44. The summed E-state index contributed by atoms with van der Waals surface area (Å²) in [6, 6.07) is 3.07. The van der Waals surface area contributed by atoms with Crippen LogP contribution >= 0.6 is 0 Å². The van der Waals surface area contributed by atoms with Gasteiger partial charge in [0.05, 0.1) is 12.6 Å². The highest BCUT2D eigenvalue weighted by Crippen LogP contribution is 2.10. The molecule has 0 aliphatic carbocycles. The Morgan fingerprint density at radius 1 is 1.56 bits per heavy atom. The third-order valence-corrected chi connectivity index (χ3v) is 2.50. The SMILES string of the molecule is COC(=O)c1cccn(C(C)(C)CN)c1=O. The molecule has 88 valence electrons. The van der Waals surface area contributed by atoms with Crippen molar-refractivity contribution in [2.24, 2.45) is 5.73 Å². The molecule has 0 aliphatic rings. The molecule has 16 heavy (non-hydrogen) atoms. The van der Waals surface area contributed by atoms with Crippen molar-refractivity contribution in [2.45, 2.75) is 19.4 Å². The summed E-state index contributed by atoms with van der Waals surface area (Å²) in [6.45, 7) is 3.96. The minimum Gasteiger partial charge on any atom is -0.465 e. The third-order valence-electron chi connectivity index (χ3n) is 2.50. The van der Waals surface area contributed by atoms with Gasteiger partial charge < -0.3 is 15.0 Å². The molecule has 1 rings (SSSR count). The molecule has 0 fully saturated rings. The molecular weight excluding hydrogens is 208 g/mol. The predicted molar refractivity (Wildman–Crippen MR) is 60.4 cm³/mol. The van der Waals surface area contributed by atoms with Gasteiger partial charge in [-0.25, -0.2) is 4.79 Å². The van der Waals surface area contributed by atoms with E-state index in [1.165, 1.54) is 17.7 Å². The standard InChI is InChI=1S/C11H16N2O3/c1-11(2,7-12)13-6-4-5-8(9(13)14)10(15)16-3/h4-6H,7,12H2,1-3H3. The Morgan fingerprint density at radius 2 is 2.19 bits per heavy atom. The fourth-order valence-corrected chi connectivity index (χ4v) is 1.33. The normalized spacial score (nSPS) is 11.2. The number of methoxy groups -OCH3 is 1. The van der Waals surface area contributed by atoms with Crippen molar-refractivity contribution in [2.75, 3.05) is 13.7 Å². The van der Waals surface area contributed by atoms with Crippen molar-refractivity contribution in [1.29, 1.82) is 0 Å². The summed E-state index contributed by atoms with van der Waals surface area (Å²) in [5.41, 5.74) is 4.70. The van der Waals surface area contributed by atoms with E-state index < -0.39 is 11.5 Å². The summed E-state index contributed by atoms with van der Waals surface area (Å²) in [4.78, 5) is 23.3. The van der Waals surface area contributed by atoms with Gasteiger partial charge in [-0.3, -0.25) is 4.79 Å². The average Bonchev–Trinajstić information content (AvgIpc) is 2.28. The number of carbonyl (C=O) groups is 1. The molecule has 0 aromatic carbocycles. The number of nitrogens with zero attached hydrogens (tertiary/aromatic N) is 1. The number of hydrogen-bond donors (Lipinski definition) is 1. The molecule has 1 aromatic heterocycles. The number of rotatable bonds is 3. The number of pyridine rings is 1. The van der Waals surface area contributed by atoms with E-state index in [0.29, 0.717) is 6.54 Å². The first-order valence-electron chi connectivity index (χ1n) is 4.94. The van der Waals surface area contributed by atoms with Crippen molar-refractivity contribution in [3.63, 3.8) is 0 Å². The van der Waals surface area contributed by atoms with Crippen LogP contribution in [0.3, 0.4) is 0 Å². The van der Waals surface area contributed by atoms with Gasteiger partial charge in [-0.2, -0.15) is 0 Å².